The molecule has 182 valence electrons. The number of benzene rings is 1. The predicted octanol–water partition coefficient (Wildman–Crippen LogP) is 6.95. The SMILES string of the molecule is CCCCCCCCCC(=O)N(CCC(=O)Nc1nnc(-c2ccc(Cl)cc2)s1)C(C)CC. The first kappa shape index (κ1) is 27.3. The van der Waals surface area contributed by atoms with Gasteiger partial charge in [0.25, 0.3) is 0 Å². The van der Waals surface area contributed by atoms with E-state index in [2.05, 4.69) is 29.4 Å². The zero-order chi connectivity index (χ0) is 24.1. The van der Waals surface area contributed by atoms with Crippen LogP contribution in [0.2, 0.25) is 5.02 Å². The molecule has 1 unspecified atom stereocenters. The summed E-state index contributed by atoms with van der Waals surface area (Å²) in [5.74, 6) is -0.0162. The van der Waals surface area contributed by atoms with Crippen molar-refractivity contribution in [3.05, 3.63) is 29.3 Å². The molecule has 0 bridgehead atoms. The van der Waals surface area contributed by atoms with Gasteiger partial charge in [0.2, 0.25) is 16.9 Å². The number of carbonyl (C=O) groups excluding carboxylic acids is 2. The molecule has 33 heavy (non-hydrogen) atoms. The number of nitrogens with zero attached hydrogens (tertiary/aromatic N) is 3. The van der Waals surface area contributed by atoms with E-state index in [1.54, 1.807) is 12.1 Å². The van der Waals surface area contributed by atoms with Crippen LogP contribution in [0.5, 0.6) is 0 Å². The van der Waals surface area contributed by atoms with Crippen molar-refractivity contribution in [1.29, 1.82) is 0 Å². The van der Waals surface area contributed by atoms with E-state index < -0.39 is 0 Å². The molecular formula is C25H37ClN4O2S. The number of anilines is 1. The molecule has 2 amide bonds. The maximum atomic E-state index is 12.8. The number of amides is 2. The van der Waals surface area contributed by atoms with E-state index in [0.717, 1.165) is 24.8 Å². The van der Waals surface area contributed by atoms with Gasteiger partial charge in [0, 0.05) is 36.0 Å². The number of rotatable bonds is 15. The van der Waals surface area contributed by atoms with Gasteiger partial charge in [-0.2, -0.15) is 0 Å². The lowest BCUT2D eigenvalue weighted by atomic mass is 10.1. The van der Waals surface area contributed by atoms with E-state index in [9.17, 15) is 9.59 Å². The molecule has 8 heteroatoms. The van der Waals surface area contributed by atoms with Crippen LogP contribution in [0.15, 0.2) is 24.3 Å². The normalized spacial score (nSPS) is 11.9. The van der Waals surface area contributed by atoms with Crippen molar-refractivity contribution in [3.63, 3.8) is 0 Å². The van der Waals surface area contributed by atoms with Gasteiger partial charge in [0.15, 0.2) is 0 Å². The maximum Gasteiger partial charge on any atom is 0.227 e. The van der Waals surface area contributed by atoms with E-state index >= 15 is 0 Å². The van der Waals surface area contributed by atoms with Crippen molar-refractivity contribution in [2.45, 2.75) is 91.0 Å². The summed E-state index contributed by atoms with van der Waals surface area (Å²) >= 11 is 7.24. The number of hydrogen-bond acceptors (Lipinski definition) is 5. The first-order chi connectivity index (χ1) is 15.9. The third-order valence-corrected chi connectivity index (χ3v) is 6.92. The molecule has 0 aliphatic carbocycles. The van der Waals surface area contributed by atoms with Crippen LogP contribution in [0.4, 0.5) is 5.13 Å². The summed E-state index contributed by atoms with van der Waals surface area (Å²) in [5, 5.41) is 12.9. The highest BCUT2D eigenvalue weighted by Gasteiger charge is 2.20. The van der Waals surface area contributed by atoms with Gasteiger partial charge in [0.05, 0.1) is 0 Å². The molecule has 0 fully saturated rings. The quantitative estimate of drug-likeness (QED) is 0.273. The molecule has 1 N–H and O–H groups in total. The molecule has 6 nitrogen and oxygen atoms in total. The Balaban J connectivity index is 1.79. The Morgan fingerprint density at radius 1 is 1.00 bits per heavy atom. The monoisotopic (exact) mass is 492 g/mol. The van der Waals surface area contributed by atoms with Crippen LogP contribution in [-0.4, -0.2) is 39.5 Å². The van der Waals surface area contributed by atoms with Crippen LogP contribution in [-0.2, 0) is 9.59 Å². The number of unbranched alkanes of at least 4 members (excludes halogenated alkanes) is 6. The molecule has 0 aliphatic heterocycles. The molecule has 0 saturated carbocycles. The molecule has 1 heterocycles. The van der Waals surface area contributed by atoms with Crippen molar-refractivity contribution >= 4 is 39.9 Å². The first-order valence-electron chi connectivity index (χ1n) is 12.1. The smallest absolute Gasteiger partial charge is 0.227 e. The molecule has 0 aliphatic rings. The Morgan fingerprint density at radius 3 is 2.33 bits per heavy atom. The summed E-state index contributed by atoms with van der Waals surface area (Å²) in [5.41, 5.74) is 0.899. The summed E-state index contributed by atoms with van der Waals surface area (Å²) in [6.45, 7) is 6.75. The van der Waals surface area contributed by atoms with Crippen LogP contribution < -0.4 is 5.32 Å². The summed E-state index contributed by atoms with van der Waals surface area (Å²) in [4.78, 5) is 27.2. The van der Waals surface area contributed by atoms with Gasteiger partial charge in [-0.15, -0.1) is 10.2 Å². The number of nitrogens with one attached hydrogen (secondary N) is 1. The summed E-state index contributed by atoms with van der Waals surface area (Å²) in [6, 6.07) is 7.45. The fourth-order valence-corrected chi connectivity index (χ4v) is 4.47. The average Bonchev–Trinajstić information content (AvgIpc) is 3.27. The van der Waals surface area contributed by atoms with E-state index in [-0.39, 0.29) is 24.3 Å². The second-order valence-electron chi connectivity index (χ2n) is 8.43. The molecule has 0 spiro atoms. The molecule has 0 radical (unpaired) electrons. The van der Waals surface area contributed by atoms with Crippen molar-refractivity contribution in [2.75, 3.05) is 11.9 Å². The van der Waals surface area contributed by atoms with Gasteiger partial charge >= 0.3 is 0 Å². The van der Waals surface area contributed by atoms with Crippen molar-refractivity contribution < 1.29 is 9.59 Å². The lowest BCUT2D eigenvalue weighted by Crippen LogP contribution is -2.40. The van der Waals surface area contributed by atoms with Crippen molar-refractivity contribution in [2.24, 2.45) is 0 Å². The molecule has 2 aromatic rings. The Morgan fingerprint density at radius 2 is 1.67 bits per heavy atom. The number of hydrogen-bond donors (Lipinski definition) is 1. The second kappa shape index (κ2) is 15.0. The summed E-state index contributed by atoms with van der Waals surface area (Å²) < 4.78 is 0. The minimum absolute atomic E-state index is 0.118. The Hall–Kier alpha value is -1.99. The molecular weight excluding hydrogens is 456 g/mol. The first-order valence-corrected chi connectivity index (χ1v) is 13.3. The van der Waals surface area contributed by atoms with E-state index in [0.29, 0.717) is 28.1 Å². The highest BCUT2D eigenvalue weighted by Crippen LogP contribution is 2.27. The minimum Gasteiger partial charge on any atom is -0.339 e. The third-order valence-electron chi connectivity index (χ3n) is 5.78. The van der Waals surface area contributed by atoms with Crippen LogP contribution in [0, 0.1) is 0 Å². The molecule has 0 saturated heterocycles. The minimum atomic E-state index is -0.161. The molecule has 1 atom stereocenters. The maximum absolute atomic E-state index is 12.8. The number of aromatic nitrogens is 2. The zero-order valence-corrected chi connectivity index (χ0v) is 21.7. The van der Waals surface area contributed by atoms with Gasteiger partial charge < -0.3 is 10.2 Å². The zero-order valence-electron chi connectivity index (χ0n) is 20.1. The van der Waals surface area contributed by atoms with Crippen LogP contribution >= 0.6 is 22.9 Å². The summed E-state index contributed by atoms with van der Waals surface area (Å²) in [7, 11) is 0. The van der Waals surface area contributed by atoms with Crippen LogP contribution in [0.3, 0.4) is 0 Å². The Bertz CT molecular complexity index is 856. The van der Waals surface area contributed by atoms with Gasteiger partial charge in [0.1, 0.15) is 5.01 Å². The number of halogens is 1. The highest BCUT2D eigenvalue weighted by molar-refractivity contribution is 7.18. The van der Waals surface area contributed by atoms with Gasteiger partial charge in [-0.3, -0.25) is 9.59 Å². The third kappa shape index (κ3) is 9.80. The largest absolute Gasteiger partial charge is 0.339 e. The number of carbonyl (C=O) groups is 2. The molecule has 2 rings (SSSR count). The van der Waals surface area contributed by atoms with Crippen LogP contribution in [0.25, 0.3) is 10.6 Å². The van der Waals surface area contributed by atoms with E-state index in [1.807, 2.05) is 24.0 Å². The Labute approximate surface area is 207 Å². The topological polar surface area (TPSA) is 75.2 Å². The van der Waals surface area contributed by atoms with Gasteiger partial charge in [-0.25, -0.2) is 0 Å². The van der Waals surface area contributed by atoms with Gasteiger partial charge in [-0.05, 0) is 31.9 Å². The van der Waals surface area contributed by atoms with E-state index in [4.69, 9.17) is 11.6 Å². The van der Waals surface area contributed by atoms with Crippen LogP contribution in [0.1, 0.15) is 85.0 Å². The van der Waals surface area contributed by atoms with Crippen molar-refractivity contribution in [1.82, 2.24) is 15.1 Å². The average molecular weight is 493 g/mol. The second-order valence-corrected chi connectivity index (χ2v) is 9.85. The van der Waals surface area contributed by atoms with Crippen molar-refractivity contribution in [3.8, 4) is 10.6 Å². The fourth-order valence-electron chi connectivity index (χ4n) is 3.57. The highest BCUT2D eigenvalue weighted by atomic mass is 35.5. The summed E-state index contributed by atoms with van der Waals surface area (Å²) in [6.07, 6.45) is 9.95. The lowest BCUT2D eigenvalue weighted by Gasteiger charge is -2.28. The lowest BCUT2D eigenvalue weighted by molar-refractivity contribution is -0.133. The molecule has 1 aromatic heterocycles. The Kier molecular flexibility index (Phi) is 12.4. The molecule has 1 aromatic carbocycles. The van der Waals surface area contributed by atoms with E-state index in [1.165, 1.54) is 43.4 Å². The van der Waals surface area contributed by atoms with Gasteiger partial charge in [-0.1, -0.05) is 87.4 Å². The fraction of sp³-hybridized carbons (Fsp3) is 0.600. The predicted molar refractivity (Wildman–Crippen MR) is 138 cm³/mol. The standard InChI is InChI=1S/C25H37ClN4O2S/c1-4-6-7-8-9-10-11-12-23(32)30(19(3)5-2)18-17-22(31)27-25-29-28-24(33-25)20-13-15-21(26)16-14-20/h13-16,19H,4-12,17-18H2,1-3H3,(H,27,29,31).